The lowest BCUT2D eigenvalue weighted by Gasteiger charge is -2.16. The van der Waals surface area contributed by atoms with Crippen LogP contribution in [0.15, 0.2) is 18.2 Å². The Hall–Kier alpha value is -1.75. The van der Waals surface area contributed by atoms with Crippen LogP contribution in [0.25, 0.3) is 0 Å². The van der Waals surface area contributed by atoms with E-state index < -0.39 is 5.97 Å². The largest absolute Gasteiger partial charge is 0.486 e. The number of ether oxygens (including phenoxy) is 3. The number of hydrogen-bond donors (Lipinski definition) is 1. The lowest BCUT2D eigenvalue weighted by atomic mass is 10.1. The molecule has 0 saturated carbocycles. The summed E-state index contributed by atoms with van der Waals surface area (Å²) >= 11 is 0. The zero-order valence-electron chi connectivity index (χ0n) is 10.2. The fourth-order valence-electron chi connectivity index (χ4n) is 1.42. The fraction of sp³-hybridized carbons (Fsp3) is 0.417. The molecule has 0 bridgehead atoms. The van der Waals surface area contributed by atoms with Crippen molar-refractivity contribution in [2.45, 2.75) is 13.0 Å². The molecule has 0 aliphatic rings. The van der Waals surface area contributed by atoms with E-state index in [0.717, 1.165) is 0 Å². The van der Waals surface area contributed by atoms with Gasteiger partial charge in [0.2, 0.25) is 0 Å². The Bertz CT molecular complexity index is 392. The van der Waals surface area contributed by atoms with E-state index in [1.165, 1.54) is 7.11 Å². The Kier molecular flexibility index (Phi) is 4.78. The predicted molar refractivity (Wildman–Crippen MR) is 64.2 cm³/mol. The standard InChI is InChI=1S/C12H17NO4/c1-8(7-15-2)17-10-6-4-5-9(11(10)13)12(14)16-3/h4-6,8H,7,13H2,1-3H3. The van der Waals surface area contributed by atoms with Crippen molar-refractivity contribution in [1.29, 1.82) is 0 Å². The van der Waals surface area contributed by atoms with E-state index in [4.69, 9.17) is 15.2 Å². The van der Waals surface area contributed by atoms with Gasteiger partial charge >= 0.3 is 5.97 Å². The highest BCUT2D eigenvalue weighted by Gasteiger charge is 2.15. The zero-order valence-corrected chi connectivity index (χ0v) is 10.2. The summed E-state index contributed by atoms with van der Waals surface area (Å²) in [6.45, 7) is 2.30. The lowest BCUT2D eigenvalue weighted by molar-refractivity contribution is 0.0600. The molecule has 0 radical (unpaired) electrons. The molecule has 0 aliphatic carbocycles. The number of carbonyl (C=O) groups excluding carboxylic acids is 1. The van der Waals surface area contributed by atoms with Crippen molar-refractivity contribution in [3.8, 4) is 5.75 Å². The van der Waals surface area contributed by atoms with Gasteiger partial charge in [-0.2, -0.15) is 0 Å². The zero-order chi connectivity index (χ0) is 12.8. The number of nitrogens with two attached hydrogens (primary N) is 1. The van der Waals surface area contributed by atoms with Crippen LogP contribution in [0.3, 0.4) is 0 Å². The number of para-hydroxylation sites is 1. The molecule has 17 heavy (non-hydrogen) atoms. The molecule has 1 unspecified atom stereocenters. The van der Waals surface area contributed by atoms with Crippen LogP contribution in [0.4, 0.5) is 5.69 Å². The Morgan fingerprint density at radius 3 is 2.71 bits per heavy atom. The number of rotatable bonds is 5. The van der Waals surface area contributed by atoms with E-state index in [0.29, 0.717) is 17.9 Å². The summed E-state index contributed by atoms with van der Waals surface area (Å²) in [5, 5.41) is 0. The van der Waals surface area contributed by atoms with Crippen molar-refractivity contribution in [1.82, 2.24) is 0 Å². The van der Waals surface area contributed by atoms with Crippen molar-refractivity contribution in [3.05, 3.63) is 23.8 Å². The van der Waals surface area contributed by atoms with Gasteiger partial charge in [0.1, 0.15) is 11.9 Å². The molecule has 1 aromatic rings. The van der Waals surface area contributed by atoms with Crippen LogP contribution in [-0.2, 0) is 9.47 Å². The second-order valence-corrected chi connectivity index (χ2v) is 3.59. The van der Waals surface area contributed by atoms with Crippen molar-refractivity contribution >= 4 is 11.7 Å². The molecule has 5 nitrogen and oxygen atoms in total. The number of nitrogen functional groups attached to an aromatic ring is 1. The Labute approximate surface area is 100 Å². The average Bonchev–Trinajstić information content (AvgIpc) is 2.31. The van der Waals surface area contributed by atoms with Gasteiger partial charge in [0.05, 0.1) is 25.0 Å². The summed E-state index contributed by atoms with van der Waals surface area (Å²) in [6, 6.07) is 4.99. The Morgan fingerprint density at radius 1 is 1.41 bits per heavy atom. The van der Waals surface area contributed by atoms with Gasteiger partial charge in [0.25, 0.3) is 0 Å². The van der Waals surface area contributed by atoms with Gasteiger partial charge < -0.3 is 19.9 Å². The predicted octanol–water partition coefficient (Wildman–Crippen LogP) is 1.47. The smallest absolute Gasteiger partial charge is 0.340 e. The van der Waals surface area contributed by atoms with E-state index in [9.17, 15) is 4.79 Å². The minimum Gasteiger partial charge on any atom is -0.486 e. The van der Waals surface area contributed by atoms with Crippen LogP contribution in [-0.4, -0.2) is 32.9 Å². The van der Waals surface area contributed by atoms with Crippen molar-refractivity contribution in [2.75, 3.05) is 26.6 Å². The number of hydrogen-bond acceptors (Lipinski definition) is 5. The van der Waals surface area contributed by atoms with Gasteiger partial charge in [-0.1, -0.05) is 6.07 Å². The highest BCUT2D eigenvalue weighted by Crippen LogP contribution is 2.26. The van der Waals surface area contributed by atoms with E-state index in [1.807, 2.05) is 6.92 Å². The molecule has 0 aliphatic heterocycles. The van der Waals surface area contributed by atoms with E-state index in [1.54, 1.807) is 25.3 Å². The third-order valence-corrected chi connectivity index (χ3v) is 2.20. The molecular weight excluding hydrogens is 222 g/mol. The summed E-state index contributed by atoms with van der Waals surface area (Å²) in [5.41, 5.74) is 6.42. The van der Waals surface area contributed by atoms with Crippen molar-refractivity contribution in [3.63, 3.8) is 0 Å². The topological polar surface area (TPSA) is 70.8 Å². The highest BCUT2D eigenvalue weighted by molar-refractivity contribution is 5.96. The van der Waals surface area contributed by atoms with Gasteiger partial charge in [-0.3, -0.25) is 0 Å². The van der Waals surface area contributed by atoms with Crippen LogP contribution >= 0.6 is 0 Å². The first-order valence-electron chi connectivity index (χ1n) is 5.22. The van der Waals surface area contributed by atoms with Crippen LogP contribution in [0.1, 0.15) is 17.3 Å². The summed E-state index contributed by atoms with van der Waals surface area (Å²) in [5.74, 6) is -0.0233. The van der Waals surface area contributed by atoms with Crippen LogP contribution < -0.4 is 10.5 Å². The molecule has 0 heterocycles. The van der Waals surface area contributed by atoms with Gasteiger partial charge in [0, 0.05) is 7.11 Å². The molecule has 0 aromatic heterocycles. The Balaban J connectivity index is 2.90. The Morgan fingerprint density at radius 2 is 2.12 bits per heavy atom. The normalized spacial score (nSPS) is 11.9. The maximum atomic E-state index is 11.4. The summed E-state index contributed by atoms with van der Waals surface area (Å²) in [6.07, 6.45) is -0.143. The highest BCUT2D eigenvalue weighted by atomic mass is 16.5. The van der Waals surface area contributed by atoms with Crippen molar-refractivity contribution in [2.24, 2.45) is 0 Å². The molecule has 94 valence electrons. The lowest BCUT2D eigenvalue weighted by Crippen LogP contribution is -2.19. The molecule has 2 N–H and O–H groups in total. The van der Waals surface area contributed by atoms with Gasteiger partial charge in [-0.25, -0.2) is 4.79 Å². The third kappa shape index (κ3) is 3.35. The molecule has 5 heteroatoms. The summed E-state index contributed by atoms with van der Waals surface area (Å²) in [7, 11) is 2.90. The molecule has 1 rings (SSSR count). The maximum Gasteiger partial charge on any atom is 0.340 e. The molecular formula is C12H17NO4. The van der Waals surface area contributed by atoms with E-state index in [-0.39, 0.29) is 11.8 Å². The first kappa shape index (κ1) is 13.3. The van der Waals surface area contributed by atoms with Gasteiger partial charge in [-0.05, 0) is 19.1 Å². The number of esters is 1. The van der Waals surface area contributed by atoms with Crippen LogP contribution in [0.2, 0.25) is 0 Å². The molecule has 0 saturated heterocycles. The monoisotopic (exact) mass is 239 g/mol. The first-order valence-corrected chi connectivity index (χ1v) is 5.22. The quantitative estimate of drug-likeness (QED) is 0.622. The van der Waals surface area contributed by atoms with Crippen LogP contribution in [0.5, 0.6) is 5.75 Å². The maximum absolute atomic E-state index is 11.4. The van der Waals surface area contributed by atoms with E-state index in [2.05, 4.69) is 4.74 Å². The number of carbonyl (C=O) groups is 1. The third-order valence-electron chi connectivity index (χ3n) is 2.20. The summed E-state index contributed by atoms with van der Waals surface area (Å²) in [4.78, 5) is 11.4. The number of anilines is 1. The first-order chi connectivity index (χ1) is 8.10. The minimum atomic E-state index is -0.479. The second-order valence-electron chi connectivity index (χ2n) is 3.59. The van der Waals surface area contributed by atoms with Crippen molar-refractivity contribution < 1.29 is 19.0 Å². The molecule has 0 amide bonds. The average molecular weight is 239 g/mol. The second kappa shape index (κ2) is 6.10. The number of benzene rings is 1. The molecule has 0 spiro atoms. The minimum absolute atomic E-state index is 0.143. The fourth-order valence-corrected chi connectivity index (χ4v) is 1.42. The summed E-state index contributed by atoms with van der Waals surface area (Å²) < 4.78 is 15.1. The number of methoxy groups -OCH3 is 2. The SMILES string of the molecule is COCC(C)Oc1cccc(C(=O)OC)c1N. The molecule has 1 atom stereocenters. The van der Waals surface area contributed by atoms with Gasteiger partial charge in [-0.15, -0.1) is 0 Å². The van der Waals surface area contributed by atoms with Crippen LogP contribution in [0, 0.1) is 0 Å². The molecule has 0 fully saturated rings. The van der Waals surface area contributed by atoms with Gasteiger partial charge in [0.15, 0.2) is 0 Å². The van der Waals surface area contributed by atoms with E-state index >= 15 is 0 Å². The molecule has 1 aromatic carbocycles.